The number of likely N-dealkylation sites (tertiary alicyclic amines) is 1. The highest BCUT2D eigenvalue weighted by Gasteiger charge is 2.44. The predicted molar refractivity (Wildman–Crippen MR) is 80.4 cm³/mol. The molecule has 4 nitrogen and oxygen atoms in total. The minimum atomic E-state index is -2.83. The van der Waals surface area contributed by atoms with E-state index >= 15 is 0 Å². The van der Waals surface area contributed by atoms with Crippen molar-refractivity contribution in [2.45, 2.75) is 57.3 Å². The number of halogens is 2. The molecule has 1 N–H and O–H groups in total. The molecule has 1 aromatic carbocycles. The van der Waals surface area contributed by atoms with Gasteiger partial charge in [-0.05, 0) is 42.9 Å². The minimum absolute atomic E-state index is 0.121. The van der Waals surface area contributed by atoms with Crippen molar-refractivity contribution >= 4 is 5.97 Å². The summed E-state index contributed by atoms with van der Waals surface area (Å²) in [6.45, 7) is -2.30. The molecule has 2 aliphatic rings. The van der Waals surface area contributed by atoms with Crippen LogP contribution in [-0.4, -0.2) is 34.7 Å². The summed E-state index contributed by atoms with van der Waals surface area (Å²) in [5, 5.41) is 9.51. The maximum atomic E-state index is 12.2. The van der Waals surface area contributed by atoms with Crippen LogP contribution in [0.1, 0.15) is 37.7 Å². The second-order valence-electron chi connectivity index (χ2n) is 6.40. The molecule has 0 aromatic heterocycles. The van der Waals surface area contributed by atoms with Gasteiger partial charge in [-0.3, -0.25) is 9.69 Å². The lowest BCUT2D eigenvalue weighted by Gasteiger charge is -2.33. The van der Waals surface area contributed by atoms with Crippen molar-refractivity contribution in [1.29, 1.82) is 0 Å². The van der Waals surface area contributed by atoms with E-state index in [9.17, 15) is 18.7 Å². The molecule has 23 heavy (non-hydrogen) atoms. The van der Waals surface area contributed by atoms with Crippen molar-refractivity contribution in [3.05, 3.63) is 29.8 Å². The average molecular weight is 325 g/mol. The van der Waals surface area contributed by atoms with Crippen LogP contribution >= 0.6 is 0 Å². The molecule has 0 radical (unpaired) electrons. The second-order valence-corrected chi connectivity index (χ2v) is 6.40. The number of carbonyl (C=O) groups is 1. The highest BCUT2D eigenvalue weighted by atomic mass is 19.3. The molecular weight excluding hydrogens is 304 g/mol. The maximum absolute atomic E-state index is 12.2. The van der Waals surface area contributed by atoms with E-state index in [0.717, 1.165) is 24.8 Å². The predicted octanol–water partition coefficient (Wildman–Crippen LogP) is 3.51. The molecule has 3 rings (SSSR count). The number of nitrogens with zero attached hydrogens (tertiary/aromatic N) is 1. The number of carboxylic acid groups (broad SMARTS) is 1. The van der Waals surface area contributed by atoms with Crippen molar-refractivity contribution in [2.24, 2.45) is 5.92 Å². The third-order valence-electron chi connectivity index (χ3n) is 5.02. The highest BCUT2D eigenvalue weighted by molar-refractivity contribution is 5.74. The molecule has 0 amide bonds. The van der Waals surface area contributed by atoms with Gasteiger partial charge in [-0.15, -0.1) is 0 Å². The van der Waals surface area contributed by atoms with E-state index in [1.54, 1.807) is 12.1 Å². The maximum Gasteiger partial charge on any atom is 0.387 e. The smallest absolute Gasteiger partial charge is 0.387 e. The molecule has 3 atom stereocenters. The Bertz CT molecular complexity index is 549. The van der Waals surface area contributed by atoms with Gasteiger partial charge in [0.15, 0.2) is 0 Å². The number of carboxylic acids is 1. The molecular formula is C17H21F2NO3. The van der Waals surface area contributed by atoms with Crippen LogP contribution in [-0.2, 0) is 11.3 Å². The number of aliphatic carboxylic acids is 1. The number of rotatable bonds is 5. The fourth-order valence-corrected chi connectivity index (χ4v) is 4.01. The zero-order valence-electron chi connectivity index (χ0n) is 12.8. The Kier molecular flexibility index (Phi) is 4.80. The van der Waals surface area contributed by atoms with E-state index in [2.05, 4.69) is 9.64 Å². The van der Waals surface area contributed by atoms with E-state index in [0.29, 0.717) is 24.9 Å². The molecule has 126 valence electrons. The van der Waals surface area contributed by atoms with Gasteiger partial charge >= 0.3 is 12.6 Å². The Morgan fingerprint density at radius 1 is 1.26 bits per heavy atom. The van der Waals surface area contributed by atoms with Gasteiger partial charge in [0, 0.05) is 12.6 Å². The molecule has 0 spiro atoms. The van der Waals surface area contributed by atoms with Gasteiger partial charge in [0.2, 0.25) is 0 Å². The van der Waals surface area contributed by atoms with E-state index in [4.69, 9.17) is 0 Å². The lowest BCUT2D eigenvalue weighted by molar-refractivity contribution is -0.142. The minimum Gasteiger partial charge on any atom is -0.480 e. The van der Waals surface area contributed by atoms with Gasteiger partial charge in [-0.1, -0.05) is 25.0 Å². The monoisotopic (exact) mass is 325 g/mol. The molecule has 1 aliphatic heterocycles. The lowest BCUT2D eigenvalue weighted by Crippen LogP contribution is -2.41. The first kappa shape index (κ1) is 16.2. The van der Waals surface area contributed by atoms with Crippen LogP contribution in [0.3, 0.4) is 0 Å². The standard InChI is InChI=1S/C17H21F2NO3/c18-17(19)23-13-7-5-11(6-8-13)10-20-14-4-2-1-3-12(14)9-15(20)16(21)22/h5-8,12,14-15,17H,1-4,9-10H2,(H,21,22). The van der Waals surface area contributed by atoms with E-state index < -0.39 is 18.6 Å². The molecule has 1 saturated carbocycles. The lowest BCUT2D eigenvalue weighted by atomic mass is 9.84. The normalized spacial score (nSPS) is 27.9. The summed E-state index contributed by atoms with van der Waals surface area (Å²) in [6, 6.07) is 6.35. The molecule has 1 heterocycles. The van der Waals surface area contributed by atoms with Gasteiger partial charge < -0.3 is 9.84 Å². The van der Waals surface area contributed by atoms with Crippen LogP contribution < -0.4 is 4.74 Å². The number of hydrogen-bond donors (Lipinski definition) is 1. The summed E-state index contributed by atoms with van der Waals surface area (Å²) in [7, 11) is 0. The Morgan fingerprint density at radius 2 is 1.96 bits per heavy atom. The molecule has 6 heteroatoms. The van der Waals surface area contributed by atoms with Crippen LogP contribution in [0.15, 0.2) is 24.3 Å². The summed E-state index contributed by atoms with van der Waals surface area (Å²) in [5.74, 6) is -0.182. The summed E-state index contributed by atoms with van der Waals surface area (Å²) in [6.07, 6.45) is 5.19. The molecule has 2 fully saturated rings. The number of hydrogen-bond acceptors (Lipinski definition) is 3. The Balaban J connectivity index is 1.72. The largest absolute Gasteiger partial charge is 0.480 e. The fourth-order valence-electron chi connectivity index (χ4n) is 4.01. The number of ether oxygens (including phenoxy) is 1. The molecule has 0 bridgehead atoms. The van der Waals surface area contributed by atoms with E-state index in [-0.39, 0.29) is 5.75 Å². The van der Waals surface area contributed by atoms with Crippen molar-refractivity contribution in [2.75, 3.05) is 0 Å². The van der Waals surface area contributed by atoms with Gasteiger partial charge in [0.1, 0.15) is 11.8 Å². The van der Waals surface area contributed by atoms with Gasteiger partial charge in [-0.25, -0.2) is 0 Å². The third kappa shape index (κ3) is 3.63. The Labute approximate surface area is 134 Å². The summed E-state index contributed by atoms with van der Waals surface area (Å²) in [5.41, 5.74) is 0.920. The van der Waals surface area contributed by atoms with Crippen LogP contribution in [0.5, 0.6) is 5.75 Å². The van der Waals surface area contributed by atoms with Crippen LogP contribution in [0, 0.1) is 5.92 Å². The van der Waals surface area contributed by atoms with Crippen molar-refractivity contribution < 1.29 is 23.4 Å². The summed E-state index contributed by atoms with van der Waals surface area (Å²) < 4.78 is 28.7. The summed E-state index contributed by atoms with van der Waals surface area (Å²) in [4.78, 5) is 13.7. The van der Waals surface area contributed by atoms with Crippen molar-refractivity contribution in [1.82, 2.24) is 4.90 Å². The zero-order valence-corrected chi connectivity index (χ0v) is 12.8. The first-order valence-corrected chi connectivity index (χ1v) is 8.07. The molecule has 3 unspecified atom stereocenters. The van der Waals surface area contributed by atoms with Crippen LogP contribution in [0.25, 0.3) is 0 Å². The second kappa shape index (κ2) is 6.83. The highest BCUT2D eigenvalue weighted by Crippen LogP contribution is 2.40. The van der Waals surface area contributed by atoms with Gasteiger partial charge in [0.25, 0.3) is 0 Å². The van der Waals surface area contributed by atoms with Crippen LogP contribution in [0.4, 0.5) is 8.78 Å². The number of benzene rings is 1. The number of alkyl halides is 2. The molecule has 1 aliphatic carbocycles. The average Bonchev–Trinajstić information content (AvgIpc) is 2.88. The van der Waals surface area contributed by atoms with Gasteiger partial charge in [0.05, 0.1) is 0 Å². The molecule has 1 saturated heterocycles. The van der Waals surface area contributed by atoms with Crippen molar-refractivity contribution in [3.8, 4) is 5.75 Å². The zero-order chi connectivity index (χ0) is 16.4. The SMILES string of the molecule is O=C(O)C1CC2CCCCC2N1Cc1ccc(OC(F)F)cc1. The molecule has 1 aromatic rings. The number of fused-ring (bicyclic) bond motifs is 1. The first-order chi connectivity index (χ1) is 11.0. The Morgan fingerprint density at radius 3 is 2.61 bits per heavy atom. The Hall–Kier alpha value is -1.69. The fraction of sp³-hybridized carbons (Fsp3) is 0.588. The summed E-state index contributed by atoms with van der Waals surface area (Å²) >= 11 is 0. The topological polar surface area (TPSA) is 49.8 Å². The van der Waals surface area contributed by atoms with E-state index in [1.165, 1.54) is 18.6 Å². The van der Waals surface area contributed by atoms with Crippen LogP contribution in [0.2, 0.25) is 0 Å². The van der Waals surface area contributed by atoms with Crippen molar-refractivity contribution in [3.63, 3.8) is 0 Å². The quantitative estimate of drug-likeness (QED) is 0.900. The first-order valence-electron chi connectivity index (χ1n) is 8.07. The van der Waals surface area contributed by atoms with Gasteiger partial charge in [-0.2, -0.15) is 8.78 Å². The third-order valence-corrected chi connectivity index (χ3v) is 5.02. The van der Waals surface area contributed by atoms with E-state index in [1.807, 2.05) is 0 Å².